The second-order valence-corrected chi connectivity index (χ2v) is 15.5. The molecule has 9 heteroatoms. The molecule has 0 aliphatic heterocycles. The Hall–Kier alpha value is -1.99. The third-order valence-electron chi connectivity index (χ3n) is 9.11. The van der Waals surface area contributed by atoms with E-state index in [9.17, 15) is 14.2 Å². The van der Waals surface area contributed by atoms with Crippen LogP contribution in [0.25, 0.3) is 0 Å². The summed E-state index contributed by atoms with van der Waals surface area (Å²) in [5.41, 5.74) is 0. The number of allylic oxidation sites excluding steroid dienone is 8. The molecule has 0 aliphatic carbocycles. The molecule has 0 saturated heterocycles. The summed E-state index contributed by atoms with van der Waals surface area (Å²) >= 11 is 0. The van der Waals surface area contributed by atoms with E-state index >= 15 is 0 Å². The standard InChI is InChI=1S/C44H79O8P/c1-3-5-7-9-11-13-15-17-19-20-21-22-23-25-26-28-30-32-34-36-38-43(45)50-40-42(41-51-53(47,48)49)52-44(46)39-37-35-33-31-29-27-24-18-16-14-12-10-8-6-4-2/h6,8,12,14,18,24,29,31,42H,3-5,7,9-11,13,15-17,19-23,25-28,30,32-41H2,1-2H3,(H2,47,48,49)/b8-6-,14-12-,24-18-,31-29-. The van der Waals surface area contributed by atoms with E-state index in [1.54, 1.807) is 0 Å². The smallest absolute Gasteiger partial charge is 0.462 e. The van der Waals surface area contributed by atoms with E-state index in [-0.39, 0.29) is 19.4 Å². The van der Waals surface area contributed by atoms with Gasteiger partial charge in [-0.3, -0.25) is 14.1 Å². The molecule has 1 atom stereocenters. The third-order valence-corrected chi connectivity index (χ3v) is 9.60. The molecule has 0 fully saturated rings. The number of hydrogen-bond acceptors (Lipinski definition) is 6. The molecule has 0 amide bonds. The van der Waals surface area contributed by atoms with Crippen molar-refractivity contribution in [1.29, 1.82) is 0 Å². The molecule has 0 rings (SSSR count). The van der Waals surface area contributed by atoms with Crippen LogP contribution < -0.4 is 0 Å². The van der Waals surface area contributed by atoms with Crippen molar-refractivity contribution in [3.8, 4) is 0 Å². The van der Waals surface area contributed by atoms with Crippen molar-refractivity contribution >= 4 is 19.8 Å². The Morgan fingerprint density at radius 2 is 0.906 bits per heavy atom. The molecule has 1 unspecified atom stereocenters. The monoisotopic (exact) mass is 767 g/mol. The van der Waals surface area contributed by atoms with Crippen molar-refractivity contribution in [2.45, 2.75) is 206 Å². The van der Waals surface area contributed by atoms with Crippen molar-refractivity contribution in [2.24, 2.45) is 0 Å². The Bertz CT molecular complexity index is 999. The number of esters is 2. The summed E-state index contributed by atoms with van der Waals surface area (Å²) in [7, 11) is -4.76. The third kappa shape index (κ3) is 42.6. The maximum absolute atomic E-state index is 12.4. The predicted octanol–water partition coefficient (Wildman–Crippen LogP) is 13.1. The number of rotatable bonds is 39. The first-order valence-corrected chi connectivity index (χ1v) is 23.0. The van der Waals surface area contributed by atoms with E-state index in [1.165, 1.54) is 109 Å². The highest BCUT2D eigenvalue weighted by molar-refractivity contribution is 7.46. The molecule has 308 valence electrons. The molecule has 0 aromatic carbocycles. The lowest BCUT2D eigenvalue weighted by Gasteiger charge is -2.18. The molecule has 0 spiro atoms. The summed E-state index contributed by atoms with van der Waals surface area (Å²) in [6.07, 6.45) is 48.4. The lowest BCUT2D eigenvalue weighted by atomic mass is 10.0. The van der Waals surface area contributed by atoms with E-state index < -0.39 is 32.5 Å². The van der Waals surface area contributed by atoms with E-state index in [4.69, 9.17) is 19.3 Å². The minimum Gasteiger partial charge on any atom is -0.462 e. The van der Waals surface area contributed by atoms with Gasteiger partial charge in [-0.2, -0.15) is 0 Å². The molecule has 2 N–H and O–H groups in total. The Kier molecular flexibility index (Phi) is 38.2. The van der Waals surface area contributed by atoms with E-state index in [2.05, 4.69) is 67.0 Å². The molecule has 0 heterocycles. The minimum atomic E-state index is -4.76. The Morgan fingerprint density at radius 1 is 0.509 bits per heavy atom. The van der Waals surface area contributed by atoms with Gasteiger partial charge in [-0.15, -0.1) is 0 Å². The van der Waals surface area contributed by atoms with Gasteiger partial charge in [0.25, 0.3) is 0 Å². The van der Waals surface area contributed by atoms with Crippen LogP contribution in [0.3, 0.4) is 0 Å². The Balaban J connectivity index is 3.91. The van der Waals surface area contributed by atoms with Crippen LogP contribution in [0.2, 0.25) is 0 Å². The molecule has 53 heavy (non-hydrogen) atoms. The first-order chi connectivity index (χ1) is 25.8. The maximum atomic E-state index is 12.4. The number of carbonyl (C=O) groups is 2. The lowest BCUT2D eigenvalue weighted by molar-refractivity contribution is -0.161. The quantitative estimate of drug-likeness (QED) is 0.0275. The normalized spacial score (nSPS) is 12.9. The van der Waals surface area contributed by atoms with E-state index in [0.717, 1.165) is 57.8 Å². The molecule has 8 nitrogen and oxygen atoms in total. The van der Waals surface area contributed by atoms with Gasteiger partial charge in [0.05, 0.1) is 6.61 Å². The second kappa shape index (κ2) is 39.7. The highest BCUT2D eigenvalue weighted by Gasteiger charge is 2.22. The van der Waals surface area contributed by atoms with Gasteiger partial charge in [0.15, 0.2) is 6.10 Å². The van der Waals surface area contributed by atoms with Gasteiger partial charge in [-0.25, -0.2) is 4.57 Å². The fourth-order valence-electron chi connectivity index (χ4n) is 5.95. The first-order valence-electron chi connectivity index (χ1n) is 21.4. The van der Waals surface area contributed by atoms with Gasteiger partial charge < -0.3 is 19.3 Å². The maximum Gasteiger partial charge on any atom is 0.469 e. The van der Waals surface area contributed by atoms with Crippen molar-refractivity contribution in [3.63, 3.8) is 0 Å². The van der Waals surface area contributed by atoms with Crippen LogP contribution in [0.15, 0.2) is 48.6 Å². The van der Waals surface area contributed by atoms with Gasteiger partial charge in [0.2, 0.25) is 0 Å². The van der Waals surface area contributed by atoms with Crippen molar-refractivity contribution in [3.05, 3.63) is 48.6 Å². The summed E-state index contributed by atoms with van der Waals surface area (Å²) in [5, 5.41) is 0. The summed E-state index contributed by atoms with van der Waals surface area (Å²) in [4.78, 5) is 42.8. The molecule has 0 saturated carbocycles. The van der Waals surface area contributed by atoms with E-state index in [0.29, 0.717) is 6.42 Å². The van der Waals surface area contributed by atoms with Crippen molar-refractivity contribution in [1.82, 2.24) is 0 Å². The van der Waals surface area contributed by atoms with Gasteiger partial charge in [-0.05, 0) is 51.4 Å². The second-order valence-electron chi connectivity index (χ2n) is 14.3. The fourth-order valence-corrected chi connectivity index (χ4v) is 6.31. The zero-order chi connectivity index (χ0) is 38.9. The van der Waals surface area contributed by atoms with Crippen molar-refractivity contribution in [2.75, 3.05) is 13.2 Å². The first kappa shape index (κ1) is 51.0. The molecular weight excluding hydrogens is 687 g/mol. The van der Waals surface area contributed by atoms with Crippen molar-refractivity contribution < 1.29 is 37.9 Å². The van der Waals surface area contributed by atoms with E-state index in [1.807, 2.05) is 0 Å². The van der Waals surface area contributed by atoms with Crippen LogP contribution in [0.4, 0.5) is 0 Å². The van der Waals surface area contributed by atoms with Gasteiger partial charge in [-0.1, -0.05) is 184 Å². The zero-order valence-electron chi connectivity index (χ0n) is 33.9. The molecule has 0 aromatic heterocycles. The van der Waals surface area contributed by atoms with Gasteiger partial charge >= 0.3 is 19.8 Å². The topological polar surface area (TPSA) is 119 Å². The number of phosphoric ester groups is 1. The molecular formula is C44H79O8P. The predicted molar refractivity (Wildman–Crippen MR) is 221 cm³/mol. The molecule has 0 aromatic rings. The summed E-state index contributed by atoms with van der Waals surface area (Å²) < 4.78 is 26.4. The average molecular weight is 767 g/mol. The van der Waals surface area contributed by atoms with Crippen LogP contribution in [-0.4, -0.2) is 41.0 Å². The Labute approximate surface area is 324 Å². The largest absolute Gasteiger partial charge is 0.469 e. The number of phosphoric acid groups is 1. The highest BCUT2D eigenvalue weighted by Crippen LogP contribution is 2.36. The highest BCUT2D eigenvalue weighted by atomic mass is 31.2. The number of carbonyl (C=O) groups excluding carboxylic acids is 2. The SMILES string of the molecule is CC/C=C\C/C=C\C/C=C\C/C=C\CCCCC(=O)OC(COC(=O)CCCCCCCCCCCCCCCCCCCCCC)COP(=O)(O)O. The molecule has 0 radical (unpaired) electrons. The van der Waals surface area contributed by atoms with Crippen LogP contribution >= 0.6 is 7.82 Å². The van der Waals surface area contributed by atoms with Crippen LogP contribution in [0, 0.1) is 0 Å². The average Bonchev–Trinajstić information content (AvgIpc) is 3.13. The van der Waals surface area contributed by atoms with Crippen LogP contribution in [0.1, 0.15) is 200 Å². The molecule has 0 aliphatic rings. The van der Waals surface area contributed by atoms with Crippen LogP contribution in [0.5, 0.6) is 0 Å². The number of hydrogen-bond donors (Lipinski definition) is 2. The Morgan fingerprint density at radius 3 is 1.36 bits per heavy atom. The minimum absolute atomic E-state index is 0.160. The summed E-state index contributed by atoms with van der Waals surface area (Å²) in [6, 6.07) is 0. The summed E-state index contributed by atoms with van der Waals surface area (Å²) in [6.45, 7) is 3.55. The molecule has 0 bridgehead atoms. The fraction of sp³-hybridized carbons (Fsp3) is 0.773. The number of unbranched alkanes of at least 4 members (excludes halogenated alkanes) is 21. The zero-order valence-corrected chi connectivity index (χ0v) is 34.8. The van der Waals surface area contributed by atoms with Crippen LogP contribution in [-0.2, 0) is 28.2 Å². The van der Waals surface area contributed by atoms with Gasteiger partial charge in [0.1, 0.15) is 6.61 Å². The number of ether oxygens (including phenoxy) is 2. The lowest BCUT2D eigenvalue weighted by Crippen LogP contribution is -2.29. The summed E-state index contributed by atoms with van der Waals surface area (Å²) in [5.74, 6) is -0.929. The van der Waals surface area contributed by atoms with Gasteiger partial charge in [0, 0.05) is 12.8 Å².